The molecule has 1 aromatic carbocycles. The third-order valence-electron chi connectivity index (χ3n) is 1.90. The maximum absolute atomic E-state index is 13.5. The molecule has 0 aromatic heterocycles. The van der Waals surface area contributed by atoms with Crippen LogP contribution in [0, 0.1) is 18.2 Å². The molecule has 0 fully saturated rings. The number of rotatable bonds is 4. The first-order chi connectivity index (χ1) is 7.20. The fraction of sp³-hybridized carbons (Fsp3) is 0.200. The molecule has 0 aliphatic rings. The van der Waals surface area contributed by atoms with Gasteiger partial charge in [0.15, 0.2) is 11.6 Å². The molecular formula is C10H12FN3O. The Morgan fingerprint density at radius 2 is 2.27 bits per heavy atom. The highest BCUT2D eigenvalue weighted by Gasteiger charge is 2.09. The van der Waals surface area contributed by atoms with Gasteiger partial charge < -0.3 is 10.1 Å². The van der Waals surface area contributed by atoms with Gasteiger partial charge in [-0.3, -0.25) is 5.43 Å². The van der Waals surface area contributed by atoms with Gasteiger partial charge in [-0.1, -0.05) is 0 Å². The molecule has 0 unspecified atom stereocenters. The number of halogens is 1. The van der Waals surface area contributed by atoms with Gasteiger partial charge in [-0.15, -0.1) is 0 Å². The van der Waals surface area contributed by atoms with E-state index in [1.807, 2.05) is 0 Å². The Kier molecular flexibility index (Phi) is 3.79. The topological polar surface area (TPSA) is 57.5 Å². The number of hydrogen-bond donors (Lipinski definition) is 2. The van der Waals surface area contributed by atoms with Crippen molar-refractivity contribution < 1.29 is 9.13 Å². The monoisotopic (exact) mass is 209 g/mol. The number of hydrazone groups is 1. The molecule has 15 heavy (non-hydrogen) atoms. The number of nitrogens with one attached hydrogen (secondary N) is 2. The Hall–Kier alpha value is -1.91. The van der Waals surface area contributed by atoms with Gasteiger partial charge in [0.05, 0.1) is 19.0 Å². The predicted molar refractivity (Wildman–Crippen MR) is 58.6 cm³/mol. The summed E-state index contributed by atoms with van der Waals surface area (Å²) in [5, 5.41) is 10.4. The summed E-state index contributed by atoms with van der Waals surface area (Å²) in [6, 6.07) is 3.18. The Balaban J connectivity index is 2.96. The van der Waals surface area contributed by atoms with Crippen LogP contribution in [0.5, 0.6) is 5.75 Å². The second kappa shape index (κ2) is 5.09. The zero-order valence-electron chi connectivity index (χ0n) is 8.54. The Morgan fingerprint density at radius 3 is 2.87 bits per heavy atom. The maximum Gasteiger partial charge on any atom is 0.170 e. The summed E-state index contributed by atoms with van der Waals surface area (Å²) in [6.07, 6.45) is 2.30. The Bertz CT molecular complexity index is 390. The van der Waals surface area contributed by atoms with E-state index in [2.05, 4.69) is 10.5 Å². The van der Waals surface area contributed by atoms with Crippen LogP contribution in [0.2, 0.25) is 0 Å². The van der Waals surface area contributed by atoms with Gasteiger partial charge in [0.2, 0.25) is 0 Å². The minimum Gasteiger partial charge on any atom is -0.494 e. The Morgan fingerprint density at radius 1 is 1.53 bits per heavy atom. The van der Waals surface area contributed by atoms with E-state index < -0.39 is 5.82 Å². The molecule has 0 aliphatic carbocycles. The van der Waals surface area contributed by atoms with Crippen LogP contribution in [-0.2, 0) is 0 Å². The molecule has 1 rings (SSSR count). The van der Waals surface area contributed by atoms with Crippen molar-refractivity contribution in [2.45, 2.75) is 6.92 Å². The van der Waals surface area contributed by atoms with E-state index in [1.165, 1.54) is 19.4 Å². The standard InChI is InChI=1S/C10H12FN3O/c1-7-8(14-13-6-5-12)3-4-9(15-2)10(7)11/h3-6,12,14H,1-2H3/b12-5?,13-6-. The number of ether oxygens (including phenoxy) is 1. The molecule has 0 saturated carbocycles. The summed E-state index contributed by atoms with van der Waals surface area (Å²) >= 11 is 0. The molecular weight excluding hydrogens is 197 g/mol. The van der Waals surface area contributed by atoms with Crippen molar-refractivity contribution in [3.05, 3.63) is 23.5 Å². The van der Waals surface area contributed by atoms with Crippen molar-refractivity contribution in [1.82, 2.24) is 0 Å². The average Bonchev–Trinajstić information content (AvgIpc) is 2.25. The SMILES string of the molecule is COc1ccc(N/N=C\C=N)c(C)c1F. The first-order valence-corrected chi connectivity index (χ1v) is 4.32. The maximum atomic E-state index is 13.5. The van der Waals surface area contributed by atoms with Crippen molar-refractivity contribution >= 4 is 18.1 Å². The van der Waals surface area contributed by atoms with Crippen molar-refractivity contribution in [3.63, 3.8) is 0 Å². The lowest BCUT2D eigenvalue weighted by atomic mass is 10.2. The van der Waals surface area contributed by atoms with E-state index >= 15 is 0 Å². The Labute approximate surface area is 87.3 Å². The molecule has 0 aliphatic heterocycles. The van der Waals surface area contributed by atoms with E-state index in [9.17, 15) is 4.39 Å². The van der Waals surface area contributed by atoms with E-state index in [0.29, 0.717) is 11.3 Å². The smallest absolute Gasteiger partial charge is 0.170 e. The van der Waals surface area contributed by atoms with Gasteiger partial charge in [0, 0.05) is 11.8 Å². The van der Waals surface area contributed by atoms with Crippen LogP contribution in [0.1, 0.15) is 5.56 Å². The summed E-state index contributed by atoms with van der Waals surface area (Å²) in [7, 11) is 1.41. The lowest BCUT2D eigenvalue weighted by Crippen LogP contribution is -1.97. The molecule has 2 N–H and O–H groups in total. The van der Waals surface area contributed by atoms with Crippen LogP contribution in [0.25, 0.3) is 0 Å². The zero-order valence-corrected chi connectivity index (χ0v) is 8.54. The quantitative estimate of drug-likeness (QED) is 0.590. The lowest BCUT2D eigenvalue weighted by molar-refractivity contribution is 0.385. The number of benzene rings is 1. The van der Waals surface area contributed by atoms with E-state index in [1.54, 1.807) is 13.0 Å². The van der Waals surface area contributed by atoms with Crippen LogP contribution >= 0.6 is 0 Å². The van der Waals surface area contributed by atoms with Crippen molar-refractivity contribution in [3.8, 4) is 5.75 Å². The molecule has 0 heterocycles. The summed E-state index contributed by atoms with van der Waals surface area (Å²) in [5.41, 5.74) is 3.60. The van der Waals surface area contributed by atoms with Gasteiger partial charge in [-0.2, -0.15) is 5.10 Å². The van der Waals surface area contributed by atoms with Crippen molar-refractivity contribution in [2.24, 2.45) is 5.10 Å². The highest BCUT2D eigenvalue weighted by atomic mass is 19.1. The number of hydrogen-bond acceptors (Lipinski definition) is 4. The fourth-order valence-corrected chi connectivity index (χ4v) is 1.08. The van der Waals surface area contributed by atoms with Gasteiger partial charge in [-0.25, -0.2) is 4.39 Å². The second-order valence-corrected chi connectivity index (χ2v) is 2.81. The van der Waals surface area contributed by atoms with Crippen molar-refractivity contribution in [1.29, 1.82) is 5.41 Å². The van der Waals surface area contributed by atoms with Gasteiger partial charge in [-0.05, 0) is 19.1 Å². The first-order valence-electron chi connectivity index (χ1n) is 4.32. The largest absolute Gasteiger partial charge is 0.494 e. The minimum absolute atomic E-state index is 0.203. The molecule has 4 nitrogen and oxygen atoms in total. The molecule has 0 radical (unpaired) electrons. The zero-order chi connectivity index (χ0) is 11.3. The molecule has 0 spiro atoms. The van der Waals surface area contributed by atoms with Crippen LogP contribution in [0.4, 0.5) is 10.1 Å². The predicted octanol–water partition coefficient (Wildman–Crippen LogP) is 2.19. The fourth-order valence-electron chi connectivity index (χ4n) is 1.08. The van der Waals surface area contributed by atoms with Gasteiger partial charge >= 0.3 is 0 Å². The molecule has 5 heteroatoms. The number of anilines is 1. The number of methoxy groups -OCH3 is 1. The highest BCUT2D eigenvalue weighted by Crippen LogP contribution is 2.26. The highest BCUT2D eigenvalue weighted by molar-refractivity contribution is 6.14. The number of nitrogens with zero attached hydrogens (tertiary/aromatic N) is 1. The first kappa shape index (κ1) is 11.2. The summed E-state index contributed by atoms with van der Waals surface area (Å²) in [5.74, 6) is -0.207. The normalized spacial score (nSPS) is 10.3. The van der Waals surface area contributed by atoms with E-state index in [-0.39, 0.29) is 5.75 Å². The van der Waals surface area contributed by atoms with Crippen LogP contribution in [-0.4, -0.2) is 19.5 Å². The molecule has 0 atom stereocenters. The van der Waals surface area contributed by atoms with Gasteiger partial charge in [0.1, 0.15) is 0 Å². The van der Waals surface area contributed by atoms with E-state index in [4.69, 9.17) is 10.1 Å². The molecule has 0 amide bonds. The summed E-state index contributed by atoms with van der Waals surface area (Å²) < 4.78 is 18.3. The average molecular weight is 209 g/mol. The molecule has 1 aromatic rings. The second-order valence-electron chi connectivity index (χ2n) is 2.81. The lowest BCUT2D eigenvalue weighted by Gasteiger charge is -2.08. The summed E-state index contributed by atoms with van der Waals surface area (Å²) in [4.78, 5) is 0. The van der Waals surface area contributed by atoms with Gasteiger partial charge in [0.25, 0.3) is 0 Å². The minimum atomic E-state index is -0.410. The van der Waals surface area contributed by atoms with Crippen LogP contribution in [0.3, 0.4) is 0 Å². The third kappa shape index (κ3) is 2.52. The van der Waals surface area contributed by atoms with Crippen LogP contribution in [0.15, 0.2) is 17.2 Å². The van der Waals surface area contributed by atoms with E-state index in [0.717, 1.165) is 6.21 Å². The molecule has 0 saturated heterocycles. The third-order valence-corrected chi connectivity index (χ3v) is 1.90. The molecule has 80 valence electrons. The summed E-state index contributed by atoms with van der Waals surface area (Å²) in [6.45, 7) is 1.63. The van der Waals surface area contributed by atoms with Crippen LogP contribution < -0.4 is 10.2 Å². The molecule has 0 bridgehead atoms. The van der Waals surface area contributed by atoms with Crippen molar-refractivity contribution in [2.75, 3.05) is 12.5 Å².